The second-order valence-electron chi connectivity index (χ2n) is 11.9. The number of rotatable bonds is 6. The molecule has 0 fully saturated rings. The minimum atomic E-state index is -0.00624. The fourth-order valence-corrected chi connectivity index (χ4v) is 10.7. The minimum Gasteiger partial charge on any atom is -0.274 e. The quantitative estimate of drug-likeness (QED) is 0.171. The molecule has 3 aromatic carbocycles. The van der Waals surface area contributed by atoms with Crippen molar-refractivity contribution in [1.29, 1.82) is 0 Å². The Morgan fingerprint density at radius 2 is 0.911 bits per heavy atom. The zero-order chi connectivity index (χ0) is 29.8. The van der Waals surface area contributed by atoms with Crippen LogP contribution in [0.2, 0.25) is 0 Å². The molecule has 7 aromatic heterocycles. The van der Waals surface area contributed by atoms with Gasteiger partial charge in [-0.15, -0.1) is 34.0 Å². The second kappa shape index (κ2) is 9.47. The van der Waals surface area contributed by atoms with E-state index in [4.69, 9.17) is 0 Å². The van der Waals surface area contributed by atoms with E-state index in [2.05, 4.69) is 72.8 Å². The number of hydrogen-bond acceptors (Lipinski definition) is 5. The van der Waals surface area contributed by atoms with Crippen LogP contribution >= 0.6 is 34.0 Å². The number of thiophene rings is 3. The smallest absolute Gasteiger partial charge is 0.263 e. The lowest BCUT2D eigenvalue weighted by molar-refractivity contribution is 0.981. The number of nitrogens with zero attached hydrogens (tertiary/aromatic N) is 2. The predicted octanol–water partition coefficient (Wildman–Crippen LogP) is 9.31. The fraction of sp³-hybridized carbons (Fsp3) is 0.105. The molecule has 216 valence electrons. The molecule has 0 spiro atoms. The summed E-state index contributed by atoms with van der Waals surface area (Å²) in [5.41, 5.74) is 6.49. The lowest BCUT2D eigenvalue weighted by atomic mass is 10.0. The molecule has 0 N–H and O–H groups in total. The van der Waals surface area contributed by atoms with Crippen molar-refractivity contribution in [1.82, 2.24) is 8.80 Å². The highest BCUT2D eigenvalue weighted by Gasteiger charge is 2.24. The van der Waals surface area contributed by atoms with Crippen LogP contribution in [0, 0.1) is 0 Å². The summed E-state index contributed by atoms with van der Waals surface area (Å²) in [7, 11) is 0. The van der Waals surface area contributed by atoms with Crippen LogP contribution in [-0.2, 0) is 25.7 Å². The van der Waals surface area contributed by atoms with Gasteiger partial charge in [-0.2, -0.15) is 0 Å². The molecule has 0 aliphatic rings. The zero-order valence-electron chi connectivity index (χ0n) is 24.0. The van der Waals surface area contributed by atoms with Crippen molar-refractivity contribution >= 4 is 96.4 Å². The molecule has 0 unspecified atom stereocenters. The summed E-state index contributed by atoms with van der Waals surface area (Å²) in [5.74, 6) is 0. The zero-order valence-corrected chi connectivity index (χ0v) is 26.5. The number of pyridine rings is 2. The molecule has 10 aromatic rings. The van der Waals surface area contributed by atoms with Crippen molar-refractivity contribution in [3.05, 3.63) is 139 Å². The molecular formula is C38H24N2O2S3. The summed E-state index contributed by atoms with van der Waals surface area (Å²) in [6.07, 6.45) is 3.85. The Morgan fingerprint density at radius 1 is 0.467 bits per heavy atom. The van der Waals surface area contributed by atoms with Gasteiger partial charge in [0.1, 0.15) is 0 Å². The maximum atomic E-state index is 14.1. The minimum absolute atomic E-state index is 0.00624. The van der Waals surface area contributed by atoms with Gasteiger partial charge in [-0.05, 0) is 73.2 Å². The summed E-state index contributed by atoms with van der Waals surface area (Å²) in [6, 6.07) is 33.6. The third-order valence-electron chi connectivity index (χ3n) is 9.28. The van der Waals surface area contributed by atoms with Gasteiger partial charge < -0.3 is 0 Å². The van der Waals surface area contributed by atoms with Crippen molar-refractivity contribution in [2.75, 3.05) is 0 Å². The highest BCUT2D eigenvalue weighted by Crippen LogP contribution is 2.45. The molecule has 0 aliphatic heterocycles. The molecular weight excluding hydrogens is 613 g/mol. The number of hydrogen-bond donors (Lipinski definition) is 0. The van der Waals surface area contributed by atoms with E-state index in [9.17, 15) is 9.59 Å². The monoisotopic (exact) mass is 636 g/mol. The average molecular weight is 637 g/mol. The summed E-state index contributed by atoms with van der Waals surface area (Å²) >= 11 is 5.28. The van der Waals surface area contributed by atoms with Gasteiger partial charge in [0, 0.05) is 31.3 Å². The number of aryl methyl sites for hydroxylation is 4. The Balaban J connectivity index is 1.14. The van der Waals surface area contributed by atoms with Crippen LogP contribution in [0.4, 0.5) is 0 Å². The molecule has 10 rings (SSSR count). The molecule has 4 nitrogen and oxygen atoms in total. The van der Waals surface area contributed by atoms with Crippen LogP contribution in [0.15, 0.2) is 107 Å². The third-order valence-corrected chi connectivity index (χ3v) is 12.8. The van der Waals surface area contributed by atoms with Crippen LogP contribution in [0.3, 0.4) is 0 Å². The predicted molar refractivity (Wildman–Crippen MR) is 192 cm³/mol. The van der Waals surface area contributed by atoms with Gasteiger partial charge in [0.25, 0.3) is 11.1 Å². The Kier molecular flexibility index (Phi) is 5.42. The van der Waals surface area contributed by atoms with E-state index < -0.39 is 0 Å². The van der Waals surface area contributed by atoms with Gasteiger partial charge >= 0.3 is 0 Å². The van der Waals surface area contributed by atoms with Gasteiger partial charge in [0.05, 0.1) is 40.9 Å². The normalized spacial score (nSPS) is 12.5. The van der Waals surface area contributed by atoms with Crippen molar-refractivity contribution in [3.63, 3.8) is 0 Å². The topological polar surface area (TPSA) is 43.0 Å². The van der Waals surface area contributed by atoms with Crippen LogP contribution < -0.4 is 11.1 Å². The Bertz CT molecular complexity index is 2660. The molecule has 45 heavy (non-hydrogen) atoms. The van der Waals surface area contributed by atoms with Crippen molar-refractivity contribution < 1.29 is 0 Å². The highest BCUT2D eigenvalue weighted by molar-refractivity contribution is 7.28. The van der Waals surface area contributed by atoms with Gasteiger partial charge in [0.2, 0.25) is 0 Å². The standard InChI is InChI=1S/C38H24N2O2S3/c41-37-25-15-16-26-34-33(25)35(29-19-31-27(39(29)37)17-23(43-31)13-11-21-7-3-1-4-8-21)45-36(34)30-20-32-28(40(30)38(26)42)18-24(44-32)14-12-22-9-5-2-6-10-22/h1-10,15-20H,11-14H2. The van der Waals surface area contributed by atoms with E-state index in [1.54, 1.807) is 34.0 Å². The van der Waals surface area contributed by atoms with Gasteiger partial charge in [-0.3, -0.25) is 18.4 Å². The molecule has 0 atom stereocenters. The molecule has 7 heteroatoms. The Labute approximate surface area is 268 Å². The average Bonchev–Trinajstić information content (AvgIpc) is 3.87. The Hall–Kier alpha value is -4.56. The first-order valence-electron chi connectivity index (χ1n) is 15.2. The van der Waals surface area contributed by atoms with Crippen LogP contribution in [0.25, 0.3) is 62.4 Å². The molecule has 0 aliphatic carbocycles. The van der Waals surface area contributed by atoms with E-state index in [-0.39, 0.29) is 11.1 Å². The number of aromatic nitrogens is 2. The number of fused-ring (bicyclic) bond motifs is 8. The Morgan fingerprint density at radius 3 is 1.36 bits per heavy atom. The second-order valence-corrected chi connectivity index (χ2v) is 15.3. The summed E-state index contributed by atoms with van der Waals surface area (Å²) < 4.78 is 8.25. The van der Waals surface area contributed by atoms with Crippen molar-refractivity contribution in [3.8, 4) is 0 Å². The first kappa shape index (κ1) is 25.7. The summed E-state index contributed by atoms with van der Waals surface area (Å²) in [4.78, 5) is 30.8. The lowest BCUT2D eigenvalue weighted by Gasteiger charge is -2.05. The lowest BCUT2D eigenvalue weighted by Crippen LogP contribution is -2.14. The van der Waals surface area contributed by atoms with Gasteiger partial charge in [-0.25, -0.2) is 0 Å². The molecule has 0 amide bonds. The van der Waals surface area contributed by atoms with E-state index in [0.717, 1.165) is 77.3 Å². The van der Waals surface area contributed by atoms with Crippen LogP contribution in [0.5, 0.6) is 0 Å². The maximum absolute atomic E-state index is 14.1. The molecule has 0 bridgehead atoms. The van der Waals surface area contributed by atoms with E-state index in [1.165, 1.54) is 20.9 Å². The first-order valence-corrected chi connectivity index (χ1v) is 17.6. The molecule has 7 heterocycles. The molecule has 0 saturated heterocycles. The highest BCUT2D eigenvalue weighted by atomic mass is 32.1. The van der Waals surface area contributed by atoms with Crippen molar-refractivity contribution in [2.24, 2.45) is 0 Å². The molecule has 0 radical (unpaired) electrons. The largest absolute Gasteiger partial charge is 0.274 e. The molecule has 0 saturated carbocycles. The van der Waals surface area contributed by atoms with E-state index in [1.807, 2.05) is 33.1 Å². The first-order chi connectivity index (χ1) is 22.1. The summed E-state index contributed by atoms with van der Waals surface area (Å²) in [6.45, 7) is 0. The summed E-state index contributed by atoms with van der Waals surface area (Å²) in [5, 5.41) is 3.25. The SMILES string of the molecule is O=c1c2ccc3c(=O)n4c5cc(CCc6ccccc6)sc5cc4c4sc(c2c34)c2cc3sc(CCc4ccccc4)cc3n12. The third kappa shape index (κ3) is 3.69. The van der Waals surface area contributed by atoms with Crippen molar-refractivity contribution in [2.45, 2.75) is 25.7 Å². The van der Waals surface area contributed by atoms with Gasteiger partial charge in [0.15, 0.2) is 0 Å². The van der Waals surface area contributed by atoms with Crippen LogP contribution in [-0.4, -0.2) is 8.80 Å². The van der Waals surface area contributed by atoms with E-state index >= 15 is 0 Å². The van der Waals surface area contributed by atoms with E-state index in [0.29, 0.717) is 10.8 Å². The van der Waals surface area contributed by atoms with Gasteiger partial charge in [-0.1, -0.05) is 60.7 Å². The van der Waals surface area contributed by atoms with Crippen LogP contribution in [0.1, 0.15) is 20.9 Å². The maximum Gasteiger partial charge on any atom is 0.263 e. The fourth-order valence-electron chi connectivity index (χ4n) is 7.17. The number of benzene rings is 3.